The molecule has 142 valence electrons. The molecule has 1 heterocycles. The third-order valence-corrected chi connectivity index (χ3v) is 4.94. The highest BCUT2D eigenvalue weighted by molar-refractivity contribution is 9.10. The van der Waals surface area contributed by atoms with E-state index in [4.69, 9.17) is 9.88 Å². The second-order valence-electron chi connectivity index (χ2n) is 5.53. The van der Waals surface area contributed by atoms with Crippen molar-refractivity contribution in [3.05, 3.63) is 34.9 Å². The van der Waals surface area contributed by atoms with Crippen LogP contribution in [-0.4, -0.2) is 49.4 Å². The number of aromatic nitrogens is 2. The Kier molecular flexibility index (Phi) is 6.89. The van der Waals surface area contributed by atoms with Gasteiger partial charge in [-0.2, -0.15) is 4.98 Å². The lowest BCUT2D eigenvalue weighted by Gasteiger charge is -2.22. The molecule has 0 aliphatic rings. The third kappa shape index (κ3) is 5.61. The average molecular weight is 446 g/mol. The number of hydrogen-bond donors (Lipinski definition) is 4. The first-order valence-corrected chi connectivity index (χ1v) is 9.90. The van der Waals surface area contributed by atoms with Crippen LogP contribution < -0.4 is 15.8 Å². The lowest BCUT2D eigenvalue weighted by molar-refractivity contribution is 0.106. The quantitative estimate of drug-likeness (QED) is 0.478. The van der Waals surface area contributed by atoms with Gasteiger partial charge in [0.1, 0.15) is 5.82 Å². The Morgan fingerprint density at radius 1 is 1.35 bits per heavy atom. The van der Waals surface area contributed by atoms with E-state index >= 15 is 0 Å². The average Bonchev–Trinajstić information content (AvgIpc) is 2.57. The van der Waals surface area contributed by atoms with E-state index in [1.165, 1.54) is 12.1 Å². The van der Waals surface area contributed by atoms with Gasteiger partial charge >= 0.3 is 0 Å². The number of rotatable bonds is 8. The summed E-state index contributed by atoms with van der Waals surface area (Å²) in [7, 11) is -2.20. The van der Waals surface area contributed by atoms with E-state index in [0.717, 1.165) is 0 Å². The maximum Gasteiger partial charge on any atom is 0.238 e. The lowest BCUT2D eigenvalue weighted by Crippen LogP contribution is -2.36. The zero-order valence-corrected chi connectivity index (χ0v) is 16.6. The first-order valence-electron chi connectivity index (χ1n) is 7.56. The number of anilines is 3. The first-order chi connectivity index (χ1) is 12.2. The minimum absolute atomic E-state index is 0.0153. The van der Waals surface area contributed by atoms with Gasteiger partial charge in [0.2, 0.25) is 16.0 Å². The predicted molar refractivity (Wildman–Crippen MR) is 102 cm³/mol. The molecule has 11 heteroatoms. The van der Waals surface area contributed by atoms with Crippen LogP contribution in [0.15, 0.2) is 39.8 Å². The Hall–Kier alpha value is -1.79. The van der Waals surface area contributed by atoms with Crippen molar-refractivity contribution < 1.29 is 18.3 Å². The van der Waals surface area contributed by atoms with Gasteiger partial charge in [0.05, 0.1) is 28.1 Å². The Morgan fingerprint density at radius 2 is 2.00 bits per heavy atom. The molecule has 0 fully saturated rings. The van der Waals surface area contributed by atoms with Gasteiger partial charge in [-0.1, -0.05) is 0 Å². The molecule has 2 aromatic rings. The molecule has 5 N–H and O–H groups in total. The standard InChI is InChI=1S/C15H20BrN5O4S/c1-9(22)13(8-25-2)20-14-12(16)7-18-15(21-14)19-10-3-5-11(6-4-10)26(17,23)24/h3-7,9,13,22H,8H2,1-2H3,(H2,17,23,24)(H2,18,19,20,21). The number of hydrogen-bond acceptors (Lipinski definition) is 8. The Bertz CT molecular complexity index is 846. The lowest BCUT2D eigenvalue weighted by atomic mass is 10.2. The molecule has 0 aliphatic heterocycles. The maximum absolute atomic E-state index is 11.3. The molecule has 0 bridgehead atoms. The molecule has 2 atom stereocenters. The minimum atomic E-state index is -3.74. The maximum atomic E-state index is 11.3. The summed E-state index contributed by atoms with van der Waals surface area (Å²) >= 11 is 3.36. The fraction of sp³-hybridized carbons (Fsp3) is 0.333. The highest BCUT2D eigenvalue weighted by Gasteiger charge is 2.17. The van der Waals surface area contributed by atoms with E-state index in [0.29, 0.717) is 28.5 Å². The van der Waals surface area contributed by atoms with Crippen LogP contribution in [0.5, 0.6) is 0 Å². The normalized spacial score (nSPS) is 13.9. The highest BCUT2D eigenvalue weighted by atomic mass is 79.9. The fourth-order valence-electron chi connectivity index (χ4n) is 2.04. The summed E-state index contributed by atoms with van der Waals surface area (Å²) in [5, 5.41) is 21.0. The number of ether oxygens (including phenoxy) is 1. The molecule has 1 aromatic carbocycles. The summed E-state index contributed by atoms with van der Waals surface area (Å²) in [4.78, 5) is 8.53. The van der Waals surface area contributed by atoms with Gasteiger partial charge in [-0.05, 0) is 47.1 Å². The summed E-state index contributed by atoms with van der Waals surface area (Å²) in [5.74, 6) is 0.771. The number of aliphatic hydroxyl groups is 1. The van der Waals surface area contributed by atoms with Crippen molar-refractivity contribution in [2.75, 3.05) is 24.4 Å². The van der Waals surface area contributed by atoms with Gasteiger partial charge in [0, 0.05) is 19.0 Å². The van der Waals surface area contributed by atoms with Gasteiger partial charge in [0.15, 0.2) is 0 Å². The van der Waals surface area contributed by atoms with Crippen LogP contribution in [0.2, 0.25) is 0 Å². The number of sulfonamides is 1. The van der Waals surface area contributed by atoms with Gasteiger partial charge in [0.25, 0.3) is 0 Å². The number of aliphatic hydroxyl groups excluding tert-OH is 1. The zero-order valence-electron chi connectivity index (χ0n) is 14.2. The molecule has 9 nitrogen and oxygen atoms in total. The van der Waals surface area contributed by atoms with E-state index in [1.54, 1.807) is 32.4 Å². The van der Waals surface area contributed by atoms with Gasteiger partial charge in [-0.15, -0.1) is 0 Å². The van der Waals surface area contributed by atoms with E-state index in [1.807, 2.05) is 0 Å². The van der Waals surface area contributed by atoms with E-state index in [9.17, 15) is 13.5 Å². The molecule has 2 rings (SSSR count). The molecule has 0 spiro atoms. The minimum Gasteiger partial charge on any atom is -0.391 e. The number of nitrogens with one attached hydrogen (secondary N) is 2. The Morgan fingerprint density at radius 3 is 2.54 bits per heavy atom. The number of primary sulfonamides is 1. The van der Waals surface area contributed by atoms with Crippen LogP contribution in [0.3, 0.4) is 0 Å². The smallest absolute Gasteiger partial charge is 0.238 e. The van der Waals surface area contributed by atoms with Crippen molar-refractivity contribution >= 4 is 43.4 Å². The fourth-order valence-corrected chi connectivity index (χ4v) is 2.86. The summed E-state index contributed by atoms with van der Waals surface area (Å²) in [6.45, 7) is 1.95. The SMILES string of the molecule is COCC(Nc1nc(Nc2ccc(S(N)(=O)=O)cc2)ncc1Br)C(C)O. The summed E-state index contributed by atoms with van der Waals surface area (Å²) in [6, 6.07) is 5.53. The van der Waals surface area contributed by atoms with Gasteiger partial charge in [-0.3, -0.25) is 0 Å². The molecule has 0 radical (unpaired) electrons. The summed E-state index contributed by atoms with van der Waals surface area (Å²) in [6.07, 6.45) is 0.904. The summed E-state index contributed by atoms with van der Waals surface area (Å²) in [5.41, 5.74) is 0.592. The monoisotopic (exact) mass is 445 g/mol. The van der Waals surface area contributed by atoms with Crippen LogP contribution >= 0.6 is 15.9 Å². The summed E-state index contributed by atoms with van der Waals surface area (Å²) < 4.78 is 28.3. The van der Waals surface area contributed by atoms with Crippen molar-refractivity contribution in [1.82, 2.24) is 9.97 Å². The van der Waals surface area contributed by atoms with Crippen LogP contribution in [0.4, 0.5) is 17.5 Å². The molecule has 2 unspecified atom stereocenters. The number of benzene rings is 1. The van der Waals surface area contributed by atoms with Crippen LogP contribution in [0.1, 0.15) is 6.92 Å². The zero-order chi connectivity index (χ0) is 19.3. The molecule has 26 heavy (non-hydrogen) atoms. The molecule has 0 saturated carbocycles. The second kappa shape index (κ2) is 8.73. The van der Waals surface area contributed by atoms with Crippen molar-refractivity contribution in [3.63, 3.8) is 0 Å². The van der Waals surface area contributed by atoms with Gasteiger partial charge in [-0.25, -0.2) is 18.5 Å². The van der Waals surface area contributed by atoms with Crippen molar-refractivity contribution in [1.29, 1.82) is 0 Å². The largest absolute Gasteiger partial charge is 0.391 e. The van der Waals surface area contributed by atoms with Crippen molar-refractivity contribution in [3.8, 4) is 0 Å². The molecule has 0 amide bonds. The molecular weight excluding hydrogens is 426 g/mol. The number of halogens is 1. The van der Waals surface area contributed by atoms with Crippen LogP contribution in [0.25, 0.3) is 0 Å². The Labute approximate surface area is 160 Å². The number of methoxy groups -OCH3 is 1. The topological polar surface area (TPSA) is 139 Å². The van der Waals surface area contributed by atoms with Crippen molar-refractivity contribution in [2.45, 2.75) is 24.0 Å². The molecule has 0 saturated heterocycles. The number of nitrogens with two attached hydrogens (primary N) is 1. The van der Waals surface area contributed by atoms with Crippen LogP contribution in [-0.2, 0) is 14.8 Å². The molecule has 1 aromatic heterocycles. The molecule has 0 aliphatic carbocycles. The third-order valence-electron chi connectivity index (χ3n) is 3.43. The Balaban J connectivity index is 2.18. The first kappa shape index (κ1) is 20.5. The van der Waals surface area contributed by atoms with Crippen LogP contribution in [0, 0.1) is 0 Å². The van der Waals surface area contributed by atoms with E-state index in [-0.39, 0.29) is 10.9 Å². The number of nitrogens with zero attached hydrogens (tertiary/aromatic N) is 2. The highest BCUT2D eigenvalue weighted by Crippen LogP contribution is 2.23. The predicted octanol–water partition coefficient (Wildman–Crippen LogP) is 1.44. The van der Waals surface area contributed by atoms with E-state index in [2.05, 4.69) is 36.5 Å². The van der Waals surface area contributed by atoms with Gasteiger partial charge < -0.3 is 20.5 Å². The second-order valence-corrected chi connectivity index (χ2v) is 7.95. The van der Waals surface area contributed by atoms with E-state index < -0.39 is 16.1 Å². The van der Waals surface area contributed by atoms with Crippen molar-refractivity contribution in [2.24, 2.45) is 5.14 Å². The molecular formula is C15H20BrN5O4S.